The number of nitrogens with zero attached hydrogens (tertiary/aromatic N) is 1. The molecule has 0 radical (unpaired) electrons. The molecule has 0 unspecified atom stereocenters. The van der Waals surface area contributed by atoms with Gasteiger partial charge in [0, 0.05) is 5.56 Å². The fraction of sp³-hybridized carbons (Fsp3) is 0.0714. The summed E-state index contributed by atoms with van der Waals surface area (Å²) in [4.78, 5) is 4.55. The fourth-order valence-corrected chi connectivity index (χ4v) is 2.83. The van der Waals surface area contributed by atoms with Crippen LogP contribution in [-0.2, 0) is 0 Å². The summed E-state index contributed by atoms with van der Waals surface area (Å²) in [5, 5.41) is 10.3. The number of fused-ring (bicyclic) bond motifs is 1. The summed E-state index contributed by atoms with van der Waals surface area (Å²) in [6.07, 6.45) is 0. The van der Waals surface area contributed by atoms with Crippen LogP contribution in [0.2, 0.25) is 0 Å². The van der Waals surface area contributed by atoms with Crippen molar-refractivity contribution in [2.45, 2.75) is 0 Å². The van der Waals surface area contributed by atoms with Crippen molar-refractivity contribution in [3.8, 4) is 22.1 Å². The molecule has 0 aliphatic carbocycles. The Hall–Kier alpha value is -2.27. The van der Waals surface area contributed by atoms with Gasteiger partial charge >= 0.3 is 0 Å². The number of ether oxygens (including phenoxy) is 1. The second-order valence-corrected chi connectivity index (χ2v) is 5.16. The summed E-state index contributed by atoms with van der Waals surface area (Å²) in [7, 11) is 1.64. The normalized spacial score (nSPS) is 10.8. The molecular formula is C14H12N2O2S. The summed E-state index contributed by atoms with van der Waals surface area (Å²) in [6, 6.07) is 10.9. The Morgan fingerprint density at radius 2 is 2.05 bits per heavy atom. The van der Waals surface area contributed by atoms with E-state index in [1.165, 1.54) is 0 Å². The van der Waals surface area contributed by atoms with Gasteiger partial charge in [0.15, 0.2) is 0 Å². The van der Waals surface area contributed by atoms with Gasteiger partial charge in [0.1, 0.15) is 16.5 Å². The minimum absolute atomic E-state index is 0.0894. The van der Waals surface area contributed by atoms with E-state index in [0.29, 0.717) is 5.69 Å². The van der Waals surface area contributed by atoms with Crippen LogP contribution in [-0.4, -0.2) is 17.2 Å². The molecule has 96 valence electrons. The van der Waals surface area contributed by atoms with Crippen molar-refractivity contribution in [3.05, 3.63) is 36.4 Å². The number of phenols is 1. The number of nitrogen functional groups attached to an aromatic ring is 1. The second-order valence-electron chi connectivity index (χ2n) is 4.13. The third-order valence-corrected chi connectivity index (χ3v) is 3.94. The monoisotopic (exact) mass is 272 g/mol. The van der Waals surface area contributed by atoms with E-state index in [2.05, 4.69) is 4.98 Å². The topological polar surface area (TPSA) is 68.4 Å². The molecule has 0 saturated heterocycles. The van der Waals surface area contributed by atoms with E-state index in [1.54, 1.807) is 36.6 Å². The van der Waals surface area contributed by atoms with Crippen molar-refractivity contribution in [1.29, 1.82) is 0 Å². The van der Waals surface area contributed by atoms with Crippen molar-refractivity contribution in [2.24, 2.45) is 0 Å². The standard InChI is InChI=1S/C14H12N2O2S/c1-18-9-3-4-11-13(7-9)19-14(16-11)8-2-5-12(17)10(15)6-8/h2-7,17H,15H2,1H3. The Labute approximate surface area is 114 Å². The zero-order valence-electron chi connectivity index (χ0n) is 10.3. The van der Waals surface area contributed by atoms with Crippen LogP contribution in [0.15, 0.2) is 36.4 Å². The van der Waals surface area contributed by atoms with Crippen LogP contribution in [0.25, 0.3) is 20.8 Å². The minimum atomic E-state index is 0.0894. The van der Waals surface area contributed by atoms with Crippen LogP contribution in [0.1, 0.15) is 0 Å². The minimum Gasteiger partial charge on any atom is -0.506 e. The van der Waals surface area contributed by atoms with Crippen LogP contribution in [0.5, 0.6) is 11.5 Å². The number of thiazole rings is 1. The first-order valence-corrected chi connectivity index (χ1v) is 6.52. The molecule has 3 N–H and O–H groups in total. The van der Waals surface area contributed by atoms with E-state index in [1.807, 2.05) is 18.2 Å². The molecule has 0 atom stereocenters. The number of hydrogen-bond donors (Lipinski definition) is 2. The summed E-state index contributed by atoms with van der Waals surface area (Å²) in [5.74, 6) is 0.902. The summed E-state index contributed by atoms with van der Waals surface area (Å²) < 4.78 is 6.25. The van der Waals surface area contributed by atoms with Crippen LogP contribution in [0.3, 0.4) is 0 Å². The average Bonchev–Trinajstić information content (AvgIpc) is 2.84. The lowest BCUT2D eigenvalue weighted by molar-refractivity contribution is 0.415. The van der Waals surface area contributed by atoms with Gasteiger partial charge in [-0.2, -0.15) is 0 Å². The number of benzene rings is 2. The smallest absolute Gasteiger partial charge is 0.138 e. The van der Waals surface area contributed by atoms with E-state index < -0.39 is 0 Å². The number of rotatable bonds is 2. The Morgan fingerprint density at radius 3 is 2.79 bits per heavy atom. The van der Waals surface area contributed by atoms with E-state index in [4.69, 9.17) is 10.5 Å². The first-order valence-electron chi connectivity index (χ1n) is 5.71. The van der Waals surface area contributed by atoms with Gasteiger partial charge in [-0.3, -0.25) is 0 Å². The number of aromatic nitrogens is 1. The first-order chi connectivity index (χ1) is 9.17. The molecule has 1 aromatic heterocycles. The van der Waals surface area contributed by atoms with E-state index >= 15 is 0 Å². The fourth-order valence-electron chi connectivity index (χ4n) is 1.84. The van der Waals surface area contributed by atoms with Crippen molar-refractivity contribution in [3.63, 3.8) is 0 Å². The highest BCUT2D eigenvalue weighted by molar-refractivity contribution is 7.21. The molecule has 0 aliphatic rings. The molecule has 19 heavy (non-hydrogen) atoms. The molecule has 0 aliphatic heterocycles. The van der Waals surface area contributed by atoms with E-state index in [9.17, 15) is 5.11 Å². The van der Waals surface area contributed by atoms with Gasteiger partial charge in [-0.25, -0.2) is 4.98 Å². The third-order valence-electron chi connectivity index (χ3n) is 2.87. The first kappa shape index (κ1) is 11.8. The van der Waals surface area contributed by atoms with Gasteiger partial charge in [0.05, 0.1) is 23.0 Å². The maximum atomic E-state index is 9.44. The molecule has 4 nitrogen and oxygen atoms in total. The Balaban J connectivity index is 2.11. The molecule has 0 saturated carbocycles. The highest BCUT2D eigenvalue weighted by Gasteiger charge is 2.08. The molecule has 0 bridgehead atoms. The lowest BCUT2D eigenvalue weighted by Crippen LogP contribution is -1.86. The van der Waals surface area contributed by atoms with Gasteiger partial charge in [-0.1, -0.05) is 0 Å². The Morgan fingerprint density at radius 1 is 1.21 bits per heavy atom. The number of aromatic hydroxyl groups is 1. The molecule has 3 aromatic rings. The highest BCUT2D eigenvalue weighted by atomic mass is 32.1. The number of anilines is 1. The lowest BCUT2D eigenvalue weighted by Gasteiger charge is -2.00. The third kappa shape index (κ3) is 2.08. The number of hydrogen-bond acceptors (Lipinski definition) is 5. The van der Waals surface area contributed by atoms with Crippen LogP contribution >= 0.6 is 11.3 Å². The molecule has 2 aromatic carbocycles. The maximum Gasteiger partial charge on any atom is 0.138 e. The molecule has 3 rings (SSSR count). The lowest BCUT2D eigenvalue weighted by atomic mass is 10.2. The van der Waals surface area contributed by atoms with Gasteiger partial charge in [-0.05, 0) is 36.4 Å². The van der Waals surface area contributed by atoms with Crippen LogP contribution in [0, 0.1) is 0 Å². The van der Waals surface area contributed by atoms with E-state index in [-0.39, 0.29) is 5.75 Å². The number of phenolic OH excluding ortho intramolecular Hbond substituents is 1. The average molecular weight is 272 g/mol. The summed E-state index contributed by atoms with van der Waals surface area (Å²) in [5.41, 5.74) is 7.88. The van der Waals surface area contributed by atoms with Crippen molar-refractivity contribution < 1.29 is 9.84 Å². The Bertz CT molecular complexity index is 752. The van der Waals surface area contributed by atoms with Crippen molar-refractivity contribution >= 4 is 27.2 Å². The van der Waals surface area contributed by atoms with Gasteiger partial charge in [0.25, 0.3) is 0 Å². The molecule has 0 amide bonds. The summed E-state index contributed by atoms with van der Waals surface area (Å²) >= 11 is 1.57. The SMILES string of the molecule is COc1ccc2nc(-c3ccc(O)c(N)c3)sc2c1. The predicted molar refractivity (Wildman–Crippen MR) is 77.7 cm³/mol. The zero-order chi connectivity index (χ0) is 13.4. The molecule has 5 heteroatoms. The number of methoxy groups -OCH3 is 1. The molecule has 0 fully saturated rings. The second kappa shape index (κ2) is 4.44. The van der Waals surface area contributed by atoms with Crippen molar-refractivity contribution in [2.75, 3.05) is 12.8 Å². The molecular weight excluding hydrogens is 260 g/mol. The largest absolute Gasteiger partial charge is 0.506 e. The van der Waals surface area contributed by atoms with Gasteiger partial charge in [0.2, 0.25) is 0 Å². The van der Waals surface area contributed by atoms with Crippen LogP contribution in [0.4, 0.5) is 5.69 Å². The predicted octanol–water partition coefficient (Wildman–Crippen LogP) is 3.26. The number of nitrogens with two attached hydrogens (primary N) is 1. The van der Waals surface area contributed by atoms with Crippen LogP contribution < -0.4 is 10.5 Å². The molecule has 0 spiro atoms. The Kier molecular flexibility index (Phi) is 2.76. The zero-order valence-corrected chi connectivity index (χ0v) is 11.1. The van der Waals surface area contributed by atoms with Gasteiger partial charge in [-0.15, -0.1) is 11.3 Å². The van der Waals surface area contributed by atoms with E-state index in [0.717, 1.165) is 26.5 Å². The molecule has 1 heterocycles. The highest BCUT2D eigenvalue weighted by Crippen LogP contribution is 2.34. The summed E-state index contributed by atoms with van der Waals surface area (Å²) in [6.45, 7) is 0. The van der Waals surface area contributed by atoms with Crippen molar-refractivity contribution in [1.82, 2.24) is 4.98 Å². The maximum absolute atomic E-state index is 9.44. The quantitative estimate of drug-likeness (QED) is 0.555. The van der Waals surface area contributed by atoms with Gasteiger partial charge < -0.3 is 15.6 Å².